The van der Waals surface area contributed by atoms with Crippen LogP contribution in [0.15, 0.2) is 51.8 Å². The van der Waals surface area contributed by atoms with Crippen LogP contribution in [0.1, 0.15) is 28.8 Å². The zero-order valence-electron chi connectivity index (χ0n) is 13.8. The summed E-state index contributed by atoms with van der Waals surface area (Å²) in [7, 11) is -3.62. The number of ether oxygens (including phenoxy) is 1. The summed E-state index contributed by atoms with van der Waals surface area (Å²) in [5.41, 5.74) is 0.863. The van der Waals surface area contributed by atoms with Gasteiger partial charge in [-0.2, -0.15) is 4.31 Å². The van der Waals surface area contributed by atoms with Crippen LogP contribution in [0.3, 0.4) is 0 Å². The van der Waals surface area contributed by atoms with Gasteiger partial charge in [0.1, 0.15) is 6.61 Å². The first kappa shape index (κ1) is 19.4. The Kier molecular flexibility index (Phi) is 6.02. The van der Waals surface area contributed by atoms with Gasteiger partial charge in [-0.25, -0.2) is 13.2 Å². The fraction of sp³-hybridized carbons (Fsp3) is 0.278. The fourth-order valence-corrected chi connectivity index (χ4v) is 4.71. The number of esters is 1. The van der Waals surface area contributed by atoms with Gasteiger partial charge in [0.15, 0.2) is 0 Å². The molecule has 2 aromatic rings. The van der Waals surface area contributed by atoms with E-state index in [1.54, 1.807) is 0 Å². The van der Waals surface area contributed by atoms with Crippen molar-refractivity contribution in [3.63, 3.8) is 0 Å². The lowest BCUT2D eigenvalue weighted by atomic mass is 10.2. The number of halogens is 2. The van der Waals surface area contributed by atoms with E-state index in [1.807, 2.05) is 24.3 Å². The molecule has 0 amide bonds. The van der Waals surface area contributed by atoms with Crippen LogP contribution in [0.25, 0.3) is 0 Å². The normalized spacial score (nSPS) is 15.2. The lowest BCUT2D eigenvalue weighted by molar-refractivity contribution is 0.0472. The maximum Gasteiger partial charge on any atom is 0.340 e. The molecular formula is C18H17BrClNO4S. The Morgan fingerprint density at radius 3 is 2.42 bits per heavy atom. The highest BCUT2D eigenvalue weighted by Crippen LogP contribution is 2.26. The van der Waals surface area contributed by atoms with Gasteiger partial charge in [0, 0.05) is 17.6 Å². The van der Waals surface area contributed by atoms with Gasteiger partial charge in [-0.3, -0.25) is 0 Å². The minimum absolute atomic E-state index is 0.0454. The lowest BCUT2D eigenvalue weighted by Gasteiger charge is -2.16. The molecule has 2 aromatic carbocycles. The van der Waals surface area contributed by atoms with Crippen molar-refractivity contribution >= 4 is 43.5 Å². The number of hydrogen-bond donors (Lipinski definition) is 0. The summed E-state index contributed by atoms with van der Waals surface area (Å²) in [5, 5.41) is 0.158. The van der Waals surface area contributed by atoms with Gasteiger partial charge in [-0.1, -0.05) is 39.7 Å². The summed E-state index contributed by atoms with van der Waals surface area (Å²) in [4.78, 5) is 12.4. The van der Waals surface area contributed by atoms with Crippen LogP contribution in [0, 0.1) is 0 Å². The number of sulfonamides is 1. The van der Waals surface area contributed by atoms with Gasteiger partial charge in [0.05, 0.1) is 15.5 Å². The molecule has 8 heteroatoms. The highest BCUT2D eigenvalue weighted by molar-refractivity contribution is 9.10. The van der Waals surface area contributed by atoms with Crippen molar-refractivity contribution in [3.05, 3.63) is 63.1 Å². The van der Waals surface area contributed by atoms with Crippen molar-refractivity contribution in [1.29, 1.82) is 0 Å². The average molecular weight is 459 g/mol. The molecule has 0 atom stereocenters. The van der Waals surface area contributed by atoms with E-state index in [2.05, 4.69) is 15.9 Å². The van der Waals surface area contributed by atoms with Gasteiger partial charge in [0.25, 0.3) is 0 Å². The summed E-state index contributed by atoms with van der Waals surface area (Å²) in [6.07, 6.45) is 1.68. The van der Waals surface area contributed by atoms with Crippen molar-refractivity contribution in [3.8, 4) is 0 Å². The van der Waals surface area contributed by atoms with Gasteiger partial charge in [0.2, 0.25) is 10.0 Å². The third-order valence-electron chi connectivity index (χ3n) is 4.14. The van der Waals surface area contributed by atoms with Gasteiger partial charge >= 0.3 is 5.97 Å². The third-order valence-corrected chi connectivity index (χ3v) is 6.90. The zero-order valence-corrected chi connectivity index (χ0v) is 17.0. The van der Waals surface area contributed by atoms with E-state index < -0.39 is 16.0 Å². The molecule has 1 heterocycles. The smallest absolute Gasteiger partial charge is 0.340 e. The van der Waals surface area contributed by atoms with Crippen molar-refractivity contribution in [1.82, 2.24) is 4.31 Å². The quantitative estimate of drug-likeness (QED) is 0.629. The number of nitrogens with zero attached hydrogens (tertiary/aromatic N) is 1. The largest absolute Gasteiger partial charge is 0.457 e. The second kappa shape index (κ2) is 8.08. The standard InChI is InChI=1S/C18H17BrClNO4S/c19-14-5-3-13(4-6-14)12-25-18(22)16-11-15(7-8-17(16)20)26(23,24)21-9-1-2-10-21/h3-8,11H,1-2,9-10,12H2. The Labute approximate surface area is 166 Å². The molecule has 0 bridgehead atoms. The maximum absolute atomic E-state index is 12.7. The molecule has 26 heavy (non-hydrogen) atoms. The number of benzene rings is 2. The molecule has 0 spiro atoms. The second-order valence-electron chi connectivity index (χ2n) is 5.96. The van der Waals surface area contributed by atoms with E-state index >= 15 is 0 Å². The van der Waals surface area contributed by atoms with E-state index in [0.29, 0.717) is 13.1 Å². The third kappa shape index (κ3) is 4.28. The predicted molar refractivity (Wildman–Crippen MR) is 103 cm³/mol. The van der Waals surface area contributed by atoms with Crippen LogP contribution in [0.5, 0.6) is 0 Å². The van der Waals surface area contributed by atoms with E-state index in [1.165, 1.54) is 22.5 Å². The number of carbonyl (C=O) groups excluding carboxylic acids is 1. The topological polar surface area (TPSA) is 63.7 Å². The summed E-state index contributed by atoms with van der Waals surface area (Å²) in [5.74, 6) is -0.656. The molecule has 0 aliphatic carbocycles. The molecule has 138 valence electrons. The molecule has 0 radical (unpaired) electrons. The number of carbonyl (C=O) groups is 1. The first-order valence-electron chi connectivity index (χ1n) is 8.09. The van der Waals surface area contributed by atoms with Crippen LogP contribution in [0.2, 0.25) is 5.02 Å². The first-order valence-corrected chi connectivity index (χ1v) is 10.7. The number of rotatable bonds is 5. The Morgan fingerprint density at radius 2 is 1.77 bits per heavy atom. The van der Waals surface area contributed by atoms with Crippen LogP contribution < -0.4 is 0 Å². The fourth-order valence-electron chi connectivity index (χ4n) is 2.71. The Hall–Kier alpha value is -1.41. The molecule has 1 aliphatic heterocycles. The molecule has 0 unspecified atom stereocenters. The van der Waals surface area contributed by atoms with Crippen molar-refractivity contribution in [2.45, 2.75) is 24.3 Å². The Bertz CT molecular complexity index is 909. The van der Waals surface area contributed by atoms with Gasteiger partial charge in [-0.15, -0.1) is 0 Å². The minimum atomic E-state index is -3.62. The Morgan fingerprint density at radius 1 is 1.12 bits per heavy atom. The van der Waals surface area contributed by atoms with Crippen molar-refractivity contribution in [2.75, 3.05) is 13.1 Å². The van der Waals surface area contributed by atoms with Gasteiger partial charge < -0.3 is 4.74 Å². The monoisotopic (exact) mass is 457 g/mol. The maximum atomic E-state index is 12.7. The molecule has 1 fully saturated rings. The minimum Gasteiger partial charge on any atom is -0.457 e. The molecular weight excluding hydrogens is 442 g/mol. The summed E-state index contributed by atoms with van der Waals surface area (Å²) >= 11 is 9.43. The van der Waals surface area contributed by atoms with Crippen LogP contribution in [-0.4, -0.2) is 31.8 Å². The Balaban J connectivity index is 1.78. The van der Waals surface area contributed by atoms with Crippen molar-refractivity contribution < 1.29 is 17.9 Å². The van der Waals surface area contributed by atoms with E-state index in [4.69, 9.17) is 16.3 Å². The predicted octanol–water partition coefficient (Wildman–Crippen LogP) is 4.24. The molecule has 5 nitrogen and oxygen atoms in total. The first-order chi connectivity index (χ1) is 12.4. The molecule has 3 rings (SSSR count). The van der Waals surface area contributed by atoms with Crippen molar-refractivity contribution in [2.24, 2.45) is 0 Å². The van der Waals surface area contributed by atoms with Gasteiger partial charge in [-0.05, 0) is 48.7 Å². The molecule has 1 saturated heterocycles. The van der Waals surface area contributed by atoms with Crippen LogP contribution in [0.4, 0.5) is 0 Å². The molecule has 0 saturated carbocycles. The summed E-state index contributed by atoms with van der Waals surface area (Å²) in [6.45, 7) is 1.06. The average Bonchev–Trinajstić information content (AvgIpc) is 3.17. The SMILES string of the molecule is O=C(OCc1ccc(Br)cc1)c1cc(S(=O)(=O)N2CCCC2)ccc1Cl. The molecule has 1 aliphatic rings. The zero-order chi connectivity index (χ0) is 18.7. The molecule has 0 aromatic heterocycles. The van der Waals surface area contributed by atoms with E-state index in [9.17, 15) is 13.2 Å². The molecule has 0 N–H and O–H groups in total. The summed E-state index contributed by atoms with van der Waals surface area (Å²) in [6, 6.07) is 11.5. The highest BCUT2D eigenvalue weighted by atomic mass is 79.9. The van der Waals surface area contributed by atoms with Crippen LogP contribution >= 0.6 is 27.5 Å². The summed E-state index contributed by atoms with van der Waals surface area (Å²) < 4.78 is 32.9. The second-order valence-corrected chi connectivity index (χ2v) is 9.22. The lowest BCUT2D eigenvalue weighted by Crippen LogP contribution is -2.28. The van der Waals surface area contributed by atoms with Crippen LogP contribution in [-0.2, 0) is 21.4 Å². The van der Waals surface area contributed by atoms with E-state index in [0.717, 1.165) is 22.9 Å². The number of hydrogen-bond acceptors (Lipinski definition) is 4. The van der Waals surface area contributed by atoms with E-state index in [-0.39, 0.29) is 22.1 Å². The highest BCUT2D eigenvalue weighted by Gasteiger charge is 2.28.